The van der Waals surface area contributed by atoms with Crippen molar-refractivity contribution in [2.75, 3.05) is 10.7 Å². The molecule has 2 aliphatic carbocycles. The van der Waals surface area contributed by atoms with E-state index in [0.29, 0.717) is 0 Å². The minimum Gasteiger partial charge on any atom is -0.355 e. The minimum atomic E-state index is -0.430. The molecule has 0 saturated carbocycles. The molecule has 9 rings (SSSR count). The number of hydrogen-bond donors (Lipinski definition) is 3. The molecule has 0 spiro atoms. The zero-order valence-corrected chi connectivity index (χ0v) is 31.4. The van der Waals surface area contributed by atoms with Crippen LogP contribution in [0.3, 0.4) is 0 Å². The lowest BCUT2D eigenvalue weighted by Gasteiger charge is -2.47. The lowest BCUT2D eigenvalue weighted by atomic mass is 9.54. The number of nitrogens with zero attached hydrogens (tertiary/aromatic N) is 1. The molecule has 3 unspecified atom stereocenters. The Hall–Kier alpha value is -6.75. The van der Waals surface area contributed by atoms with Gasteiger partial charge in [0.1, 0.15) is 6.17 Å². The molecule has 3 atom stereocenters. The topological polar surface area (TPSA) is 48.4 Å². The van der Waals surface area contributed by atoms with E-state index in [-0.39, 0.29) is 17.5 Å². The molecule has 0 amide bonds. The lowest BCUT2D eigenvalue weighted by Crippen LogP contribution is -2.43. The van der Waals surface area contributed by atoms with E-state index in [1.807, 2.05) is 42.6 Å². The second-order valence-electron chi connectivity index (χ2n) is 14.8. The molecule has 3 N–H and O–H groups in total. The number of nitrogens with one attached hydrogen (secondary N) is 3. The van der Waals surface area contributed by atoms with Crippen LogP contribution < -0.4 is 16.2 Å². The molecule has 0 heterocycles. The zero-order chi connectivity index (χ0) is 37.8. The van der Waals surface area contributed by atoms with Crippen LogP contribution in [0.15, 0.2) is 217 Å². The van der Waals surface area contributed by atoms with Crippen molar-refractivity contribution in [2.24, 2.45) is 10.4 Å². The number of anilines is 3. The number of hydrazine groups is 1. The van der Waals surface area contributed by atoms with Crippen molar-refractivity contribution in [2.45, 2.75) is 24.4 Å². The fourth-order valence-corrected chi connectivity index (χ4v) is 8.93. The Morgan fingerprint density at radius 3 is 1.82 bits per heavy atom. The van der Waals surface area contributed by atoms with E-state index < -0.39 is 5.41 Å². The number of benzene rings is 7. The third-order valence-corrected chi connectivity index (χ3v) is 11.5. The SMILES string of the molecule is CC12C=CC=CC1c1cc(-c3ccccc3)c(Nc3ccc(NNC(/N=C/c4ccccc4)c4ccccc4)cc3)cc1C2(c1ccccc1)c1ccccc1. The van der Waals surface area contributed by atoms with E-state index >= 15 is 0 Å². The highest BCUT2D eigenvalue weighted by molar-refractivity contribution is 5.85. The zero-order valence-electron chi connectivity index (χ0n) is 31.4. The van der Waals surface area contributed by atoms with E-state index in [1.165, 1.54) is 33.4 Å². The average Bonchev–Trinajstić information content (AvgIpc) is 3.49. The fourth-order valence-electron chi connectivity index (χ4n) is 8.93. The van der Waals surface area contributed by atoms with Gasteiger partial charge in [-0.3, -0.25) is 4.99 Å². The van der Waals surface area contributed by atoms with Crippen molar-refractivity contribution in [3.8, 4) is 11.1 Å². The van der Waals surface area contributed by atoms with E-state index in [2.05, 4.69) is 199 Å². The van der Waals surface area contributed by atoms with Gasteiger partial charge in [0.15, 0.2) is 0 Å². The van der Waals surface area contributed by atoms with Crippen molar-refractivity contribution in [3.05, 3.63) is 246 Å². The van der Waals surface area contributed by atoms with E-state index in [0.717, 1.165) is 28.2 Å². The first-order valence-corrected chi connectivity index (χ1v) is 19.4. The summed E-state index contributed by atoms with van der Waals surface area (Å²) in [5.74, 6) is 0.189. The number of rotatable bonds is 11. The summed E-state index contributed by atoms with van der Waals surface area (Å²) in [7, 11) is 0. The Morgan fingerprint density at radius 1 is 0.607 bits per heavy atom. The maximum absolute atomic E-state index is 4.89. The molecular formula is C52H44N4. The summed E-state index contributed by atoms with van der Waals surface area (Å²) in [5, 5.41) is 3.88. The van der Waals surface area contributed by atoms with Gasteiger partial charge in [-0.05, 0) is 75.3 Å². The summed E-state index contributed by atoms with van der Waals surface area (Å²) in [5.41, 5.74) is 18.9. The van der Waals surface area contributed by atoms with Crippen molar-refractivity contribution in [1.29, 1.82) is 0 Å². The maximum atomic E-state index is 4.89. The second-order valence-corrected chi connectivity index (χ2v) is 14.8. The normalized spacial score (nSPS) is 18.3. The predicted molar refractivity (Wildman–Crippen MR) is 233 cm³/mol. The minimum absolute atomic E-state index is 0.189. The average molecular weight is 725 g/mol. The molecule has 0 saturated heterocycles. The molecule has 56 heavy (non-hydrogen) atoms. The quantitative estimate of drug-likeness (QED) is 0.0919. The van der Waals surface area contributed by atoms with Gasteiger partial charge in [0.05, 0.1) is 5.41 Å². The van der Waals surface area contributed by atoms with Crippen molar-refractivity contribution in [3.63, 3.8) is 0 Å². The van der Waals surface area contributed by atoms with Crippen LogP contribution in [0.2, 0.25) is 0 Å². The van der Waals surface area contributed by atoms with Gasteiger partial charge < -0.3 is 10.7 Å². The summed E-state index contributed by atoms with van der Waals surface area (Å²) >= 11 is 0. The molecule has 7 aromatic carbocycles. The Labute approximate surface area is 330 Å². The van der Waals surface area contributed by atoms with Crippen molar-refractivity contribution in [1.82, 2.24) is 5.43 Å². The number of aliphatic imine (C=N–C) groups is 1. The lowest BCUT2D eigenvalue weighted by molar-refractivity contribution is 0.289. The molecule has 0 radical (unpaired) electrons. The molecule has 0 fully saturated rings. The molecular weight excluding hydrogens is 681 g/mol. The molecule has 0 aliphatic heterocycles. The van der Waals surface area contributed by atoms with Crippen LogP contribution >= 0.6 is 0 Å². The molecule has 4 nitrogen and oxygen atoms in total. The smallest absolute Gasteiger partial charge is 0.141 e. The highest BCUT2D eigenvalue weighted by atomic mass is 15.4. The van der Waals surface area contributed by atoms with Gasteiger partial charge >= 0.3 is 0 Å². The molecule has 2 aliphatic rings. The van der Waals surface area contributed by atoms with E-state index in [1.54, 1.807) is 0 Å². The molecule has 7 aromatic rings. The first-order chi connectivity index (χ1) is 27.6. The van der Waals surface area contributed by atoms with E-state index in [4.69, 9.17) is 4.99 Å². The van der Waals surface area contributed by atoms with Crippen LogP contribution in [0.25, 0.3) is 11.1 Å². The first kappa shape index (κ1) is 35.0. The van der Waals surface area contributed by atoms with Crippen LogP contribution in [0.4, 0.5) is 17.1 Å². The van der Waals surface area contributed by atoms with Crippen molar-refractivity contribution < 1.29 is 0 Å². The number of allylic oxidation sites excluding steroid dienone is 4. The largest absolute Gasteiger partial charge is 0.355 e. The van der Waals surface area contributed by atoms with Crippen LogP contribution in [-0.4, -0.2) is 6.21 Å². The molecule has 0 bridgehead atoms. The predicted octanol–water partition coefficient (Wildman–Crippen LogP) is 12.4. The Balaban J connectivity index is 1.09. The maximum Gasteiger partial charge on any atom is 0.141 e. The van der Waals surface area contributed by atoms with E-state index in [9.17, 15) is 0 Å². The molecule has 272 valence electrons. The highest BCUT2D eigenvalue weighted by Crippen LogP contribution is 2.67. The van der Waals surface area contributed by atoms with Crippen LogP contribution in [0.5, 0.6) is 0 Å². The van der Waals surface area contributed by atoms with Gasteiger partial charge in [0.25, 0.3) is 0 Å². The summed E-state index contributed by atoms with van der Waals surface area (Å²) in [6.45, 7) is 2.45. The summed E-state index contributed by atoms with van der Waals surface area (Å²) in [4.78, 5) is 4.89. The Kier molecular flexibility index (Phi) is 9.48. The third-order valence-electron chi connectivity index (χ3n) is 11.5. The Morgan fingerprint density at radius 2 is 1.18 bits per heavy atom. The number of fused-ring (bicyclic) bond motifs is 3. The van der Waals surface area contributed by atoms with Crippen molar-refractivity contribution >= 4 is 23.3 Å². The summed E-state index contributed by atoms with van der Waals surface area (Å²) < 4.78 is 0. The van der Waals surface area contributed by atoms with Crippen LogP contribution in [0.1, 0.15) is 52.4 Å². The summed E-state index contributed by atoms with van der Waals surface area (Å²) in [6, 6.07) is 66.7. The number of hydrogen-bond acceptors (Lipinski definition) is 4. The van der Waals surface area contributed by atoms with Crippen LogP contribution in [-0.2, 0) is 5.41 Å². The van der Waals surface area contributed by atoms with Crippen LogP contribution in [0, 0.1) is 5.41 Å². The van der Waals surface area contributed by atoms with Gasteiger partial charge in [-0.1, -0.05) is 183 Å². The fraction of sp³-hybridized carbons (Fsp3) is 0.0962. The monoisotopic (exact) mass is 724 g/mol. The molecule has 4 heteroatoms. The van der Waals surface area contributed by atoms with Gasteiger partial charge in [0.2, 0.25) is 0 Å². The summed E-state index contributed by atoms with van der Waals surface area (Å²) in [6.07, 6.45) is 10.9. The Bertz CT molecular complexity index is 2450. The molecule has 0 aromatic heterocycles. The van der Waals surface area contributed by atoms with Gasteiger partial charge in [0, 0.05) is 40.2 Å². The highest BCUT2D eigenvalue weighted by Gasteiger charge is 2.60. The van der Waals surface area contributed by atoms with Gasteiger partial charge in [-0.25, -0.2) is 5.43 Å². The van der Waals surface area contributed by atoms with Gasteiger partial charge in [-0.15, -0.1) is 0 Å². The standard InChI is InChI=1S/C52H44N4/c1-51-34-18-17-29-47(51)46-35-45(39-21-9-3-10-22-39)49(36-48(46)52(51,41-25-13-5-14-26-41)42-27-15-6-16-28-42)54-43-30-32-44(33-31-43)55-56-50(40-23-11-4-12-24-40)53-37-38-19-7-2-8-20-38/h2-37,47,50,54-56H,1H3/b53-37+. The second kappa shape index (κ2) is 15.2. The third kappa shape index (κ3) is 6.34. The van der Waals surface area contributed by atoms with Gasteiger partial charge in [-0.2, -0.15) is 0 Å². The first-order valence-electron chi connectivity index (χ1n) is 19.4.